The highest BCUT2D eigenvalue weighted by molar-refractivity contribution is 6.08. The molecule has 0 aromatic heterocycles. The predicted molar refractivity (Wildman–Crippen MR) is 130 cm³/mol. The number of carbonyl (C=O) groups is 1. The van der Waals surface area contributed by atoms with Crippen LogP contribution in [0.4, 0.5) is 10.1 Å². The van der Waals surface area contributed by atoms with Crippen LogP contribution in [-0.4, -0.2) is 42.9 Å². The van der Waals surface area contributed by atoms with E-state index in [-0.39, 0.29) is 18.1 Å². The van der Waals surface area contributed by atoms with E-state index in [1.807, 2.05) is 36.9 Å². The van der Waals surface area contributed by atoms with E-state index in [1.54, 1.807) is 12.1 Å². The van der Waals surface area contributed by atoms with Crippen LogP contribution in [0.2, 0.25) is 0 Å². The number of carbonyl (C=O) groups excluding carboxylic acids is 1. The van der Waals surface area contributed by atoms with Gasteiger partial charge in [0.15, 0.2) is 0 Å². The highest BCUT2D eigenvalue weighted by Gasteiger charge is 2.26. The lowest BCUT2D eigenvalue weighted by Gasteiger charge is -2.18. The summed E-state index contributed by atoms with van der Waals surface area (Å²) in [6.07, 6.45) is 4.93. The van der Waals surface area contributed by atoms with Gasteiger partial charge in [-0.15, -0.1) is 0 Å². The molecule has 1 atom stereocenters. The molecule has 0 bridgehead atoms. The molecule has 2 aromatic rings. The Morgan fingerprint density at radius 1 is 1.25 bits per heavy atom. The molecule has 0 spiro atoms. The summed E-state index contributed by atoms with van der Waals surface area (Å²) in [5.41, 5.74) is 9.15. The minimum atomic E-state index is -0.327. The van der Waals surface area contributed by atoms with Gasteiger partial charge in [0.25, 0.3) is 0 Å². The van der Waals surface area contributed by atoms with E-state index in [2.05, 4.69) is 5.32 Å². The molecule has 1 aliphatic heterocycles. The number of likely N-dealkylation sites (tertiary alicyclic amines) is 1. The van der Waals surface area contributed by atoms with Crippen LogP contribution in [0, 0.1) is 22.6 Å². The topological polar surface area (TPSA) is 106 Å². The van der Waals surface area contributed by atoms with Crippen molar-refractivity contribution in [1.82, 2.24) is 4.90 Å². The van der Waals surface area contributed by atoms with Crippen molar-refractivity contribution in [3.8, 4) is 0 Å². The van der Waals surface area contributed by atoms with Crippen molar-refractivity contribution >= 4 is 29.6 Å². The molecule has 1 unspecified atom stereocenters. The number of allylic oxidation sites excluding steroid dienone is 1. The standard InChI is InChI=1S/C23H26FN5O.C2H6/c24-21-3-1-2-16(8-21)9-23(30)29-7-6-17(15-29)14-28-22-5-4-18(10-19(22)11-25)20(12-26)13-27;1-2/h1-5,8,10-13,17,25-26,28H,6-7,9,14-15,27H2;1-2H3/b20-13+,25-11?,26-12?;. The number of benzene rings is 2. The molecular formula is C25H32FN5O. The first-order chi connectivity index (χ1) is 15.5. The zero-order valence-corrected chi connectivity index (χ0v) is 18.7. The number of hydrogen-bond acceptors (Lipinski definition) is 5. The molecule has 1 heterocycles. The van der Waals surface area contributed by atoms with Gasteiger partial charge in [-0.25, -0.2) is 4.39 Å². The lowest BCUT2D eigenvalue weighted by Crippen LogP contribution is -2.31. The molecule has 5 N–H and O–H groups in total. The molecule has 3 rings (SSSR count). The van der Waals surface area contributed by atoms with E-state index in [0.717, 1.165) is 17.7 Å². The summed E-state index contributed by atoms with van der Waals surface area (Å²) in [5, 5.41) is 18.5. The van der Waals surface area contributed by atoms with Crippen LogP contribution >= 0.6 is 0 Å². The van der Waals surface area contributed by atoms with Gasteiger partial charge in [-0.05, 0) is 47.7 Å². The van der Waals surface area contributed by atoms with Gasteiger partial charge in [0.1, 0.15) is 5.82 Å². The first kappa shape index (κ1) is 24.8. The Kier molecular flexibility index (Phi) is 9.60. The normalized spacial score (nSPS) is 15.5. The van der Waals surface area contributed by atoms with Crippen LogP contribution in [0.3, 0.4) is 0 Å². The number of nitrogens with zero attached hydrogens (tertiary/aromatic N) is 1. The van der Waals surface area contributed by atoms with Crippen molar-refractivity contribution in [3.05, 3.63) is 71.2 Å². The van der Waals surface area contributed by atoms with Crippen molar-refractivity contribution in [2.24, 2.45) is 11.7 Å². The molecule has 6 nitrogen and oxygen atoms in total. The quantitative estimate of drug-likeness (QED) is 0.463. The molecule has 7 heteroatoms. The number of hydrogen-bond donors (Lipinski definition) is 4. The van der Waals surface area contributed by atoms with Gasteiger partial charge in [0.2, 0.25) is 5.91 Å². The second-order valence-electron chi connectivity index (χ2n) is 7.39. The number of anilines is 1. The maximum atomic E-state index is 13.3. The molecule has 1 aliphatic rings. The van der Waals surface area contributed by atoms with E-state index >= 15 is 0 Å². The molecule has 1 saturated heterocycles. The van der Waals surface area contributed by atoms with Gasteiger partial charge in [-0.2, -0.15) is 0 Å². The third-order valence-electron chi connectivity index (χ3n) is 5.34. The number of halogens is 1. The fourth-order valence-corrected chi connectivity index (χ4v) is 3.66. The second-order valence-corrected chi connectivity index (χ2v) is 7.39. The Hall–Kier alpha value is -3.48. The average molecular weight is 438 g/mol. The van der Waals surface area contributed by atoms with E-state index in [1.165, 1.54) is 30.8 Å². The van der Waals surface area contributed by atoms with E-state index < -0.39 is 0 Å². The SMILES string of the molecule is CC.N=C/C(=C\N)c1ccc(NCC2CCN(C(=O)Cc3cccc(F)c3)C2)c(C=N)c1. The lowest BCUT2D eigenvalue weighted by atomic mass is 10.0. The van der Waals surface area contributed by atoms with Gasteiger partial charge >= 0.3 is 0 Å². The Morgan fingerprint density at radius 3 is 2.69 bits per heavy atom. The molecule has 1 fully saturated rings. The zero-order chi connectivity index (χ0) is 23.5. The Labute approximate surface area is 189 Å². The molecule has 32 heavy (non-hydrogen) atoms. The highest BCUT2D eigenvalue weighted by Crippen LogP contribution is 2.23. The summed E-state index contributed by atoms with van der Waals surface area (Å²) < 4.78 is 13.3. The summed E-state index contributed by atoms with van der Waals surface area (Å²) in [4.78, 5) is 14.4. The summed E-state index contributed by atoms with van der Waals surface area (Å²) in [5.74, 6) is -0.00678. The fourth-order valence-electron chi connectivity index (χ4n) is 3.66. The van der Waals surface area contributed by atoms with Gasteiger partial charge in [-0.3, -0.25) is 4.79 Å². The minimum absolute atomic E-state index is 0.0142. The largest absolute Gasteiger partial charge is 0.404 e. The second kappa shape index (κ2) is 12.4. The van der Waals surface area contributed by atoms with Gasteiger partial charge in [0.05, 0.1) is 6.42 Å². The Morgan fingerprint density at radius 2 is 2.03 bits per heavy atom. The van der Waals surface area contributed by atoms with E-state index in [4.69, 9.17) is 16.6 Å². The minimum Gasteiger partial charge on any atom is -0.404 e. The van der Waals surface area contributed by atoms with Crippen molar-refractivity contribution in [2.75, 3.05) is 25.0 Å². The van der Waals surface area contributed by atoms with E-state index in [9.17, 15) is 9.18 Å². The van der Waals surface area contributed by atoms with Crippen LogP contribution in [0.1, 0.15) is 37.0 Å². The maximum Gasteiger partial charge on any atom is 0.227 e. The predicted octanol–water partition coefficient (Wildman–Crippen LogP) is 4.30. The fraction of sp³-hybridized carbons (Fsp3) is 0.320. The third kappa shape index (κ3) is 6.51. The third-order valence-corrected chi connectivity index (χ3v) is 5.34. The number of amides is 1. The van der Waals surface area contributed by atoms with Crippen molar-refractivity contribution in [2.45, 2.75) is 26.7 Å². The smallest absolute Gasteiger partial charge is 0.227 e. The Bertz CT molecular complexity index is 973. The monoisotopic (exact) mass is 437 g/mol. The molecule has 0 aliphatic carbocycles. The van der Waals surface area contributed by atoms with Crippen molar-refractivity contribution < 1.29 is 9.18 Å². The Balaban J connectivity index is 0.00000176. The zero-order valence-electron chi connectivity index (χ0n) is 18.7. The number of nitrogens with two attached hydrogens (primary N) is 1. The summed E-state index contributed by atoms with van der Waals surface area (Å²) in [7, 11) is 0. The molecule has 0 radical (unpaired) electrons. The van der Waals surface area contributed by atoms with Crippen LogP contribution in [0.5, 0.6) is 0 Å². The molecule has 1 amide bonds. The number of nitrogens with one attached hydrogen (secondary N) is 3. The van der Waals surface area contributed by atoms with Crippen LogP contribution in [0.25, 0.3) is 5.57 Å². The van der Waals surface area contributed by atoms with Gasteiger partial charge in [0, 0.05) is 55.1 Å². The molecular weight excluding hydrogens is 405 g/mol. The molecule has 2 aromatic carbocycles. The molecule has 170 valence electrons. The van der Waals surface area contributed by atoms with Crippen LogP contribution in [0.15, 0.2) is 48.7 Å². The summed E-state index contributed by atoms with van der Waals surface area (Å²) >= 11 is 0. The first-order valence-corrected chi connectivity index (χ1v) is 10.9. The number of rotatable bonds is 8. The van der Waals surface area contributed by atoms with Crippen molar-refractivity contribution in [1.29, 1.82) is 10.8 Å². The summed E-state index contributed by atoms with van der Waals surface area (Å²) in [6.45, 7) is 6.04. The van der Waals surface area contributed by atoms with E-state index in [0.29, 0.717) is 42.3 Å². The van der Waals surface area contributed by atoms with Gasteiger partial charge < -0.3 is 26.8 Å². The van der Waals surface area contributed by atoms with Crippen molar-refractivity contribution in [3.63, 3.8) is 0 Å². The lowest BCUT2D eigenvalue weighted by molar-refractivity contribution is -0.129. The maximum absolute atomic E-state index is 13.3. The van der Waals surface area contributed by atoms with Gasteiger partial charge in [-0.1, -0.05) is 32.0 Å². The van der Waals surface area contributed by atoms with Crippen LogP contribution in [-0.2, 0) is 11.2 Å². The summed E-state index contributed by atoms with van der Waals surface area (Å²) in [6, 6.07) is 11.7. The highest BCUT2D eigenvalue weighted by atomic mass is 19.1. The average Bonchev–Trinajstić information content (AvgIpc) is 3.29. The molecule has 0 saturated carbocycles. The first-order valence-electron chi connectivity index (χ1n) is 10.9. The van der Waals surface area contributed by atoms with Crippen LogP contribution < -0.4 is 11.1 Å².